The Morgan fingerprint density at radius 1 is 1.10 bits per heavy atom. The fourth-order valence-corrected chi connectivity index (χ4v) is 5.18. The van der Waals surface area contributed by atoms with E-state index in [0.717, 1.165) is 24.2 Å². The molecule has 9 heteroatoms. The number of benzene rings is 2. The van der Waals surface area contributed by atoms with Gasteiger partial charge in [0.05, 0.1) is 20.7 Å². The van der Waals surface area contributed by atoms with Gasteiger partial charge in [0.1, 0.15) is 10.6 Å². The fourth-order valence-electron chi connectivity index (χ4n) is 3.34. The number of anilines is 1. The molecule has 0 amide bonds. The SMILES string of the molecule is CCN(CC)c1ccc2cc(-c3nc4ccc(S(=O)(=O)NC)cc4s3)c(=O)oc2c1. The molecule has 1 N–H and O–H groups in total. The normalized spacial score (nSPS) is 12.0. The van der Waals surface area contributed by atoms with Crippen molar-refractivity contribution in [1.82, 2.24) is 9.71 Å². The van der Waals surface area contributed by atoms with Crippen LogP contribution in [0.4, 0.5) is 5.69 Å². The summed E-state index contributed by atoms with van der Waals surface area (Å²) in [5.74, 6) is 0. The van der Waals surface area contributed by atoms with Crippen molar-refractivity contribution in [3.63, 3.8) is 0 Å². The van der Waals surface area contributed by atoms with Gasteiger partial charge in [0, 0.05) is 30.2 Å². The van der Waals surface area contributed by atoms with Crippen molar-refractivity contribution in [2.45, 2.75) is 18.7 Å². The lowest BCUT2D eigenvalue weighted by atomic mass is 10.1. The summed E-state index contributed by atoms with van der Waals surface area (Å²) < 4.78 is 32.7. The van der Waals surface area contributed by atoms with E-state index in [-0.39, 0.29) is 4.90 Å². The molecule has 0 bridgehead atoms. The van der Waals surface area contributed by atoms with Crippen molar-refractivity contribution >= 4 is 48.2 Å². The Morgan fingerprint density at radius 3 is 2.57 bits per heavy atom. The highest BCUT2D eigenvalue weighted by Crippen LogP contribution is 2.32. The van der Waals surface area contributed by atoms with Gasteiger partial charge < -0.3 is 9.32 Å². The van der Waals surface area contributed by atoms with Crippen molar-refractivity contribution in [1.29, 1.82) is 0 Å². The molecule has 0 saturated heterocycles. The van der Waals surface area contributed by atoms with Gasteiger partial charge in [-0.25, -0.2) is 22.9 Å². The summed E-state index contributed by atoms with van der Waals surface area (Å²) >= 11 is 1.26. The smallest absolute Gasteiger partial charge is 0.346 e. The molecule has 0 fully saturated rings. The van der Waals surface area contributed by atoms with Gasteiger partial charge in [-0.3, -0.25) is 0 Å². The lowest BCUT2D eigenvalue weighted by Gasteiger charge is -2.20. The van der Waals surface area contributed by atoms with Gasteiger partial charge in [-0.15, -0.1) is 11.3 Å². The summed E-state index contributed by atoms with van der Waals surface area (Å²) in [7, 11) is -2.19. The van der Waals surface area contributed by atoms with Crippen LogP contribution in [0.3, 0.4) is 0 Å². The summed E-state index contributed by atoms with van der Waals surface area (Å²) in [4.78, 5) is 19.5. The zero-order valence-electron chi connectivity index (χ0n) is 16.8. The third-order valence-electron chi connectivity index (χ3n) is 5.02. The number of hydrogen-bond donors (Lipinski definition) is 1. The van der Waals surface area contributed by atoms with E-state index < -0.39 is 15.6 Å². The van der Waals surface area contributed by atoms with Crippen molar-refractivity contribution in [3.8, 4) is 10.6 Å². The molecule has 0 radical (unpaired) electrons. The molecular formula is C21H21N3O4S2. The number of nitrogens with zero attached hydrogens (tertiary/aromatic N) is 2. The van der Waals surface area contributed by atoms with Gasteiger partial charge in [0.15, 0.2) is 0 Å². The third-order valence-corrected chi connectivity index (χ3v) is 7.48. The van der Waals surface area contributed by atoms with Crippen LogP contribution in [0, 0.1) is 0 Å². The van der Waals surface area contributed by atoms with E-state index in [4.69, 9.17) is 4.42 Å². The Bertz CT molecular complexity index is 1400. The van der Waals surface area contributed by atoms with Crippen LogP contribution in [-0.2, 0) is 10.0 Å². The molecule has 2 aromatic heterocycles. The molecule has 30 heavy (non-hydrogen) atoms. The molecule has 0 aliphatic carbocycles. The Kier molecular flexibility index (Phi) is 5.35. The van der Waals surface area contributed by atoms with Crippen LogP contribution in [0.1, 0.15) is 13.8 Å². The van der Waals surface area contributed by atoms with Crippen molar-refractivity contribution < 1.29 is 12.8 Å². The van der Waals surface area contributed by atoms with Crippen molar-refractivity contribution in [2.24, 2.45) is 0 Å². The maximum Gasteiger partial charge on any atom is 0.346 e. The summed E-state index contributed by atoms with van der Waals surface area (Å²) in [5, 5.41) is 1.30. The number of nitrogens with one attached hydrogen (secondary N) is 1. The van der Waals surface area contributed by atoms with E-state index in [1.807, 2.05) is 18.2 Å². The predicted molar refractivity (Wildman–Crippen MR) is 121 cm³/mol. The van der Waals surface area contributed by atoms with E-state index in [2.05, 4.69) is 28.5 Å². The minimum Gasteiger partial charge on any atom is -0.422 e. The molecule has 0 aliphatic heterocycles. The molecule has 0 unspecified atom stereocenters. The van der Waals surface area contributed by atoms with E-state index in [1.165, 1.54) is 24.5 Å². The molecule has 7 nitrogen and oxygen atoms in total. The molecule has 0 spiro atoms. The largest absolute Gasteiger partial charge is 0.422 e. The molecular weight excluding hydrogens is 422 g/mol. The Labute approximate surface area is 178 Å². The standard InChI is InChI=1S/C21H21N3O4S2/c1-4-24(5-2)14-7-6-13-10-16(21(25)28-18(13)11-14)20-23-17-9-8-15(12-19(17)29-20)30(26,27)22-3/h6-12,22H,4-5H2,1-3H3. The molecule has 156 valence electrons. The second-order valence-electron chi connectivity index (χ2n) is 6.70. The van der Waals surface area contributed by atoms with E-state index in [1.54, 1.807) is 18.2 Å². The topological polar surface area (TPSA) is 92.5 Å². The first-order chi connectivity index (χ1) is 14.4. The first-order valence-electron chi connectivity index (χ1n) is 9.53. The minimum atomic E-state index is -3.55. The van der Waals surface area contributed by atoms with Crippen LogP contribution < -0.4 is 15.2 Å². The van der Waals surface area contributed by atoms with Gasteiger partial charge in [-0.2, -0.15) is 0 Å². The first-order valence-corrected chi connectivity index (χ1v) is 11.8. The van der Waals surface area contributed by atoms with Crippen molar-refractivity contribution in [2.75, 3.05) is 25.0 Å². The molecule has 0 saturated carbocycles. The maximum absolute atomic E-state index is 12.7. The summed E-state index contributed by atoms with van der Waals surface area (Å²) in [6.45, 7) is 5.88. The van der Waals surface area contributed by atoms with Gasteiger partial charge in [0.25, 0.3) is 0 Å². The molecule has 4 rings (SSSR count). The number of fused-ring (bicyclic) bond motifs is 2. The maximum atomic E-state index is 12.7. The van der Waals surface area contributed by atoms with Gasteiger partial charge in [-0.05, 0) is 57.3 Å². The monoisotopic (exact) mass is 443 g/mol. The van der Waals surface area contributed by atoms with Gasteiger partial charge in [-0.1, -0.05) is 0 Å². The average molecular weight is 444 g/mol. The fraction of sp³-hybridized carbons (Fsp3) is 0.238. The second kappa shape index (κ2) is 7.82. The Morgan fingerprint density at radius 2 is 1.87 bits per heavy atom. The van der Waals surface area contributed by atoms with Gasteiger partial charge >= 0.3 is 5.63 Å². The number of sulfonamides is 1. The summed E-state index contributed by atoms with van der Waals surface area (Å²) in [6.07, 6.45) is 0. The summed E-state index contributed by atoms with van der Waals surface area (Å²) in [5.41, 5.74) is 2.04. The zero-order chi connectivity index (χ0) is 21.5. The van der Waals surface area contributed by atoms with E-state index >= 15 is 0 Å². The molecule has 4 aromatic rings. The van der Waals surface area contributed by atoms with E-state index in [0.29, 0.717) is 26.4 Å². The van der Waals surface area contributed by atoms with Crippen LogP contribution in [-0.4, -0.2) is 33.5 Å². The van der Waals surface area contributed by atoms with Crippen LogP contribution >= 0.6 is 11.3 Å². The average Bonchev–Trinajstić information content (AvgIpc) is 3.17. The number of hydrogen-bond acceptors (Lipinski definition) is 7. The quantitative estimate of drug-likeness (QED) is 0.456. The number of aromatic nitrogens is 1. The highest BCUT2D eigenvalue weighted by Gasteiger charge is 2.17. The van der Waals surface area contributed by atoms with Crippen LogP contribution in [0.25, 0.3) is 31.8 Å². The third kappa shape index (κ3) is 3.60. The second-order valence-corrected chi connectivity index (χ2v) is 9.62. The lowest BCUT2D eigenvalue weighted by molar-refractivity contribution is 0.563. The molecule has 0 atom stereocenters. The minimum absolute atomic E-state index is 0.155. The number of rotatable bonds is 6. The summed E-state index contributed by atoms with van der Waals surface area (Å²) in [6, 6.07) is 12.3. The Balaban J connectivity index is 1.80. The van der Waals surface area contributed by atoms with Crippen LogP contribution in [0.15, 0.2) is 56.6 Å². The molecule has 2 aromatic carbocycles. The van der Waals surface area contributed by atoms with Crippen molar-refractivity contribution in [3.05, 3.63) is 52.9 Å². The predicted octanol–water partition coefficient (Wildman–Crippen LogP) is 3.82. The van der Waals surface area contributed by atoms with Gasteiger partial charge in [0.2, 0.25) is 10.0 Å². The highest BCUT2D eigenvalue weighted by atomic mass is 32.2. The zero-order valence-corrected chi connectivity index (χ0v) is 18.4. The first kappa shape index (κ1) is 20.5. The molecule has 2 heterocycles. The van der Waals surface area contributed by atoms with Crippen LogP contribution in [0.2, 0.25) is 0 Å². The molecule has 0 aliphatic rings. The van der Waals surface area contributed by atoms with Crippen LogP contribution in [0.5, 0.6) is 0 Å². The Hall–Kier alpha value is -2.75. The number of thiazole rings is 1. The highest BCUT2D eigenvalue weighted by molar-refractivity contribution is 7.89. The lowest BCUT2D eigenvalue weighted by Crippen LogP contribution is -2.21. The van der Waals surface area contributed by atoms with E-state index in [9.17, 15) is 13.2 Å².